The number of aromatic nitrogens is 5. The first-order valence-corrected chi connectivity index (χ1v) is 21.5. The lowest BCUT2D eigenvalue weighted by Gasteiger charge is -2.40. The number of nitrogens with zero attached hydrogens (tertiary/aromatic N) is 8. The molecule has 16 nitrogen and oxygen atoms in total. The SMILES string of the molecule is Cn1nc(C2CCC(=O)NC2=O)c2cccc(C3CCN(C(=O)N4CCN(c5ncc(Cl)c(Nc6ccc7c(c6)c6c(c(=O)n7C)OCC(F)(F)C(C7CC7)N6)n5)CC4)CC3)c21. The summed E-state index contributed by atoms with van der Waals surface area (Å²) in [7, 11) is 3.47. The van der Waals surface area contributed by atoms with E-state index in [-0.39, 0.29) is 52.6 Å². The predicted molar refractivity (Wildman–Crippen MR) is 229 cm³/mol. The number of amides is 4. The smallest absolute Gasteiger partial charge is 0.320 e. The average Bonchev–Trinajstić information content (AvgIpc) is 4.07. The van der Waals surface area contributed by atoms with E-state index in [2.05, 4.69) is 27.0 Å². The molecule has 324 valence electrons. The molecule has 2 atom stereocenters. The predicted octanol–water partition coefficient (Wildman–Crippen LogP) is 5.47. The van der Waals surface area contributed by atoms with Gasteiger partial charge in [-0.25, -0.2) is 18.6 Å². The van der Waals surface area contributed by atoms with Gasteiger partial charge in [-0.3, -0.25) is 24.4 Å². The zero-order valence-corrected chi connectivity index (χ0v) is 35.1. The number of likely N-dealkylation sites (tertiary alicyclic amines) is 1. The number of rotatable bonds is 6. The van der Waals surface area contributed by atoms with Crippen molar-refractivity contribution in [3.63, 3.8) is 0 Å². The van der Waals surface area contributed by atoms with Crippen LogP contribution in [-0.2, 0) is 23.7 Å². The summed E-state index contributed by atoms with van der Waals surface area (Å²) in [4.78, 5) is 66.6. The maximum Gasteiger partial charge on any atom is 0.320 e. The summed E-state index contributed by atoms with van der Waals surface area (Å²) in [6.07, 6.45) is 5.19. The Morgan fingerprint density at radius 3 is 2.45 bits per heavy atom. The maximum atomic E-state index is 15.2. The van der Waals surface area contributed by atoms with Gasteiger partial charge >= 0.3 is 12.0 Å². The van der Waals surface area contributed by atoms with Crippen LogP contribution in [0.15, 0.2) is 47.4 Å². The monoisotopic (exact) mass is 869 g/mol. The van der Waals surface area contributed by atoms with E-state index in [1.807, 2.05) is 38.6 Å². The van der Waals surface area contributed by atoms with E-state index in [1.165, 1.54) is 10.8 Å². The van der Waals surface area contributed by atoms with Crippen molar-refractivity contribution < 1.29 is 27.9 Å². The molecule has 4 amide bonds. The fourth-order valence-electron chi connectivity index (χ4n) is 9.64. The number of aryl methyl sites for hydroxylation is 2. The Bertz CT molecular complexity index is 2710. The first-order chi connectivity index (χ1) is 29.8. The van der Waals surface area contributed by atoms with Gasteiger partial charge in [-0.2, -0.15) is 10.1 Å². The Morgan fingerprint density at radius 2 is 1.71 bits per heavy atom. The third kappa shape index (κ3) is 7.10. The summed E-state index contributed by atoms with van der Waals surface area (Å²) < 4.78 is 39.1. The van der Waals surface area contributed by atoms with Crippen LogP contribution in [0, 0.1) is 5.92 Å². The van der Waals surface area contributed by atoms with Gasteiger partial charge in [0.1, 0.15) is 5.02 Å². The van der Waals surface area contributed by atoms with Crippen molar-refractivity contribution in [3.8, 4) is 5.75 Å². The van der Waals surface area contributed by atoms with Gasteiger partial charge < -0.3 is 34.6 Å². The van der Waals surface area contributed by atoms with E-state index in [0.29, 0.717) is 92.6 Å². The molecule has 3 aromatic heterocycles. The summed E-state index contributed by atoms with van der Waals surface area (Å²) >= 11 is 6.60. The number of alkyl halides is 2. The molecule has 0 bridgehead atoms. The molecule has 3 N–H and O–H groups in total. The second kappa shape index (κ2) is 15.4. The van der Waals surface area contributed by atoms with Gasteiger partial charge in [-0.15, -0.1) is 0 Å². The molecule has 1 saturated carbocycles. The Labute approximate surface area is 359 Å². The number of hydrogen-bond acceptors (Lipinski definition) is 11. The molecular formula is C43H46ClF2N11O5. The molecule has 5 aromatic rings. The standard InChI is InChI=1S/C43H46ClF2N11O5/c1-53-31-10-8-25(20-29(31)34-36(40(53)60)62-22-43(45,46)37(50-34)24-6-7-24)48-38-30(44)21-47-41(51-38)55-16-18-57(19-17-55)42(61)56-14-12-23(13-15-56)26-4-3-5-27-33(52-54(2)35(26)27)28-9-11-32(58)49-39(28)59/h3-5,8,10,20-21,23-24,28,37,50H,6-7,9,11-19,22H2,1-2H3,(H,47,48,51)(H,49,58,59). The highest BCUT2D eigenvalue weighted by molar-refractivity contribution is 6.33. The normalized spacial score (nSPS) is 21.9. The van der Waals surface area contributed by atoms with Crippen molar-refractivity contribution in [2.45, 2.75) is 62.3 Å². The first kappa shape index (κ1) is 40.1. The van der Waals surface area contributed by atoms with Crippen LogP contribution in [0.25, 0.3) is 21.8 Å². The molecule has 7 heterocycles. The van der Waals surface area contributed by atoms with Gasteiger partial charge in [0.25, 0.3) is 5.56 Å². The van der Waals surface area contributed by atoms with Crippen LogP contribution in [0.3, 0.4) is 0 Å². The number of para-hydroxylation sites is 1. The summed E-state index contributed by atoms with van der Waals surface area (Å²) in [6, 6.07) is 10.2. The minimum absolute atomic E-state index is 0.000114. The van der Waals surface area contributed by atoms with Gasteiger partial charge in [-0.05, 0) is 67.7 Å². The van der Waals surface area contributed by atoms with E-state index >= 15 is 8.78 Å². The second-order valence-electron chi connectivity index (χ2n) is 17.1. The zero-order chi connectivity index (χ0) is 43.0. The number of urea groups is 1. The average molecular weight is 870 g/mol. The number of carbonyl (C=O) groups is 3. The maximum absolute atomic E-state index is 15.2. The summed E-state index contributed by atoms with van der Waals surface area (Å²) in [5, 5.41) is 15.2. The summed E-state index contributed by atoms with van der Waals surface area (Å²) in [5.74, 6) is -3.53. The molecule has 3 saturated heterocycles. The molecule has 19 heteroatoms. The van der Waals surface area contributed by atoms with Crippen LogP contribution in [0.4, 0.5) is 36.7 Å². The number of anilines is 4. The minimum Gasteiger partial charge on any atom is -0.480 e. The number of nitrogens with one attached hydrogen (secondary N) is 3. The number of benzene rings is 2. The molecule has 4 fully saturated rings. The molecule has 2 unspecified atom stereocenters. The van der Waals surface area contributed by atoms with E-state index in [4.69, 9.17) is 26.4 Å². The number of ether oxygens (including phenoxy) is 1. The number of hydrogen-bond donors (Lipinski definition) is 3. The van der Waals surface area contributed by atoms with Gasteiger partial charge in [0, 0.05) is 76.2 Å². The van der Waals surface area contributed by atoms with E-state index in [0.717, 1.165) is 29.3 Å². The molecule has 5 aliphatic rings. The van der Waals surface area contributed by atoms with Gasteiger partial charge in [-0.1, -0.05) is 29.8 Å². The fourth-order valence-corrected chi connectivity index (χ4v) is 9.77. The Morgan fingerprint density at radius 1 is 0.952 bits per heavy atom. The van der Waals surface area contributed by atoms with Crippen molar-refractivity contribution in [3.05, 3.63) is 69.2 Å². The second-order valence-corrected chi connectivity index (χ2v) is 17.5. The highest BCUT2D eigenvalue weighted by Crippen LogP contribution is 2.46. The van der Waals surface area contributed by atoms with Crippen LogP contribution in [0.5, 0.6) is 5.75 Å². The largest absolute Gasteiger partial charge is 0.480 e. The zero-order valence-electron chi connectivity index (χ0n) is 34.3. The van der Waals surface area contributed by atoms with Crippen LogP contribution >= 0.6 is 11.6 Å². The lowest BCUT2D eigenvalue weighted by molar-refractivity contribution is -0.134. The molecule has 0 spiro atoms. The lowest BCUT2D eigenvalue weighted by atomic mass is 9.86. The first-order valence-electron chi connectivity index (χ1n) is 21.2. The fraction of sp³-hybridized carbons (Fsp3) is 0.465. The molecular weight excluding hydrogens is 824 g/mol. The highest BCUT2D eigenvalue weighted by atomic mass is 35.5. The number of halogens is 3. The van der Waals surface area contributed by atoms with Crippen molar-refractivity contribution in [1.29, 1.82) is 0 Å². The van der Waals surface area contributed by atoms with Crippen LogP contribution in [0.2, 0.25) is 5.02 Å². The van der Waals surface area contributed by atoms with Crippen LogP contribution in [-0.4, -0.2) is 110 Å². The topological polar surface area (TPSA) is 172 Å². The van der Waals surface area contributed by atoms with Crippen LogP contribution < -0.4 is 31.1 Å². The Kier molecular flexibility index (Phi) is 9.95. The molecule has 1 aliphatic carbocycles. The summed E-state index contributed by atoms with van der Waals surface area (Å²) in [6.45, 7) is 2.32. The van der Waals surface area contributed by atoms with Gasteiger partial charge in [0.2, 0.25) is 23.5 Å². The van der Waals surface area contributed by atoms with Crippen molar-refractivity contribution in [2.24, 2.45) is 20.0 Å². The molecule has 10 rings (SSSR count). The summed E-state index contributed by atoms with van der Waals surface area (Å²) in [5.41, 5.74) is 3.69. The Hall–Kier alpha value is -6.04. The number of imide groups is 1. The number of fused-ring (bicyclic) bond motifs is 4. The third-order valence-corrected chi connectivity index (χ3v) is 13.4. The number of carbonyl (C=O) groups excluding carboxylic acids is 3. The van der Waals surface area contributed by atoms with E-state index < -0.39 is 30.0 Å². The number of piperazine rings is 1. The molecule has 4 aliphatic heterocycles. The Balaban J connectivity index is 0.791. The quantitative estimate of drug-likeness (QED) is 0.185. The van der Waals surface area contributed by atoms with Gasteiger partial charge in [0.15, 0.2) is 12.4 Å². The van der Waals surface area contributed by atoms with Crippen molar-refractivity contribution in [2.75, 3.05) is 61.4 Å². The minimum atomic E-state index is -3.15. The van der Waals surface area contributed by atoms with E-state index in [9.17, 15) is 19.2 Å². The molecule has 2 aromatic carbocycles. The molecule has 0 radical (unpaired) electrons. The highest BCUT2D eigenvalue weighted by Gasteiger charge is 2.51. The van der Waals surface area contributed by atoms with Crippen molar-refractivity contribution in [1.82, 2.24) is 39.4 Å². The third-order valence-electron chi connectivity index (χ3n) is 13.1. The lowest BCUT2D eigenvalue weighted by Crippen LogP contribution is -2.54. The number of pyridine rings is 1. The van der Waals surface area contributed by atoms with Crippen LogP contribution in [0.1, 0.15) is 61.6 Å². The van der Waals surface area contributed by atoms with E-state index in [1.54, 1.807) is 25.2 Å². The molecule has 62 heavy (non-hydrogen) atoms. The van der Waals surface area contributed by atoms with Gasteiger partial charge in [0.05, 0.1) is 40.6 Å². The number of piperidine rings is 2. The van der Waals surface area contributed by atoms with Crippen molar-refractivity contribution >= 4 is 74.4 Å².